The number of methoxy groups -OCH3 is 1. The van der Waals surface area contributed by atoms with Crippen LogP contribution in [0.1, 0.15) is 19.8 Å². The van der Waals surface area contributed by atoms with Crippen LogP contribution in [0.3, 0.4) is 0 Å². The van der Waals surface area contributed by atoms with E-state index in [2.05, 4.69) is 11.7 Å². The summed E-state index contributed by atoms with van der Waals surface area (Å²) in [6.45, 7) is 3.10. The third kappa shape index (κ3) is 7.49. The maximum Gasteiger partial charge on any atom is 0.183 e. The van der Waals surface area contributed by atoms with E-state index in [0.717, 1.165) is 12.8 Å². The minimum Gasteiger partial charge on any atom is -0.377 e. The standard InChI is InChI=1S/C8H16O3/c1-3-4-5-11-7-8(9)6-10-2/h3-7H2,1-2H3. The van der Waals surface area contributed by atoms with Crippen LogP contribution >= 0.6 is 0 Å². The number of Topliss-reactive ketones (excluding diaryl/α,β-unsaturated/α-hetero) is 1. The highest BCUT2D eigenvalue weighted by Crippen LogP contribution is 1.87. The summed E-state index contributed by atoms with van der Waals surface area (Å²) in [5.41, 5.74) is 0. The van der Waals surface area contributed by atoms with Gasteiger partial charge in [-0.25, -0.2) is 0 Å². The van der Waals surface area contributed by atoms with Crippen LogP contribution in [0.15, 0.2) is 0 Å². The maximum atomic E-state index is 10.8. The molecule has 11 heavy (non-hydrogen) atoms. The summed E-state index contributed by atoms with van der Waals surface area (Å²) in [5, 5.41) is 0. The predicted octanol–water partition coefficient (Wildman–Crippen LogP) is 1.02. The molecule has 0 atom stereocenters. The van der Waals surface area contributed by atoms with Gasteiger partial charge in [0.05, 0.1) is 0 Å². The number of ketones is 1. The average molecular weight is 160 g/mol. The largest absolute Gasteiger partial charge is 0.377 e. The number of hydrogen-bond acceptors (Lipinski definition) is 3. The van der Waals surface area contributed by atoms with Crippen molar-refractivity contribution in [1.82, 2.24) is 0 Å². The van der Waals surface area contributed by atoms with E-state index >= 15 is 0 Å². The lowest BCUT2D eigenvalue weighted by atomic mass is 10.4. The van der Waals surface area contributed by atoms with Gasteiger partial charge in [0.25, 0.3) is 0 Å². The number of rotatable bonds is 7. The molecule has 0 bridgehead atoms. The van der Waals surface area contributed by atoms with Gasteiger partial charge >= 0.3 is 0 Å². The number of carbonyl (C=O) groups excluding carboxylic acids is 1. The molecule has 0 fully saturated rings. The van der Waals surface area contributed by atoms with Crippen LogP contribution < -0.4 is 0 Å². The van der Waals surface area contributed by atoms with Gasteiger partial charge in [0, 0.05) is 13.7 Å². The average Bonchev–Trinajstić information content (AvgIpc) is 1.99. The van der Waals surface area contributed by atoms with Crippen molar-refractivity contribution in [1.29, 1.82) is 0 Å². The van der Waals surface area contributed by atoms with Crippen molar-refractivity contribution in [3.05, 3.63) is 0 Å². The van der Waals surface area contributed by atoms with Crippen LogP contribution in [0.5, 0.6) is 0 Å². The quantitative estimate of drug-likeness (QED) is 0.521. The minimum absolute atomic E-state index is 0.00334. The van der Waals surface area contributed by atoms with Crippen LogP contribution in [0.2, 0.25) is 0 Å². The molecule has 3 nitrogen and oxygen atoms in total. The van der Waals surface area contributed by atoms with Crippen LogP contribution in [0, 0.1) is 0 Å². The van der Waals surface area contributed by atoms with E-state index in [0.29, 0.717) is 6.61 Å². The minimum atomic E-state index is 0.00334. The van der Waals surface area contributed by atoms with Gasteiger partial charge in [-0.2, -0.15) is 0 Å². The first-order valence-corrected chi connectivity index (χ1v) is 3.89. The fraction of sp³-hybridized carbons (Fsp3) is 0.875. The van der Waals surface area contributed by atoms with Gasteiger partial charge < -0.3 is 9.47 Å². The van der Waals surface area contributed by atoms with Crippen molar-refractivity contribution in [2.24, 2.45) is 0 Å². The number of hydrogen-bond donors (Lipinski definition) is 0. The lowest BCUT2D eigenvalue weighted by Crippen LogP contribution is -2.14. The first kappa shape index (κ1) is 10.6. The molecule has 0 N–H and O–H groups in total. The molecule has 0 aromatic carbocycles. The molecule has 0 rings (SSSR count). The highest BCUT2D eigenvalue weighted by atomic mass is 16.5. The summed E-state index contributed by atoms with van der Waals surface area (Å²) in [6, 6.07) is 0. The summed E-state index contributed by atoms with van der Waals surface area (Å²) in [5.74, 6) is 0.00334. The van der Waals surface area contributed by atoms with Crippen molar-refractivity contribution in [2.75, 3.05) is 26.9 Å². The summed E-state index contributed by atoms with van der Waals surface area (Å²) in [7, 11) is 1.50. The number of unbranched alkanes of at least 4 members (excludes halogenated alkanes) is 1. The van der Waals surface area contributed by atoms with E-state index in [1.807, 2.05) is 0 Å². The Kier molecular flexibility index (Phi) is 7.41. The molecular weight excluding hydrogens is 144 g/mol. The lowest BCUT2D eigenvalue weighted by molar-refractivity contribution is -0.127. The van der Waals surface area contributed by atoms with E-state index < -0.39 is 0 Å². The van der Waals surface area contributed by atoms with Gasteiger partial charge in [-0.15, -0.1) is 0 Å². The Labute approximate surface area is 67.7 Å². The van der Waals surface area contributed by atoms with E-state index in [4.69, 9.17) is 4.74 Å². The molecule has 66 valence electrons. The van der Waals surface area contributed by atoms with Crippen LogP contribution in [0.25, 0.3) is 0 Å². The van der Waals surface area contributed by atoms with Crippen molar-refractivity contribution in [3.63, 3.8) is 0 Å². The Hall–Kier alpha value is -0.410. The second-order valence-electron chi connectivity index (χ2n) is 2.38. The third-order valence-corrected chi connectivity index (χ3v) is 1.21. The Morgan fingerprint density at radius 3 is 2.64 bits per heavy atom. The summed E-state index contributed by atoms with van der Waals surface area (Å²) >= 11 is 0. The monoisotopic (exact) mass is 160 g/mol. The Morgan fingerprint density at radius 1 is 1.36 bits per heavy atom. The van der Waals surface area contributed by atoms with Crippen LogP contribution in [-0.2, 0) is 14.3 Å². The Balaban J connectivity index is 3.04. The highest BCUT2D eigenvalue weighted by Gasteiger charge is 1.98. The molecule has 0 aromatic heterocycles. The molecule has 0 aliphatic rings. The zero-order chi connectivity index (χ0) is 8.53. The molecule has 0 heterocycles. The zero-order valence-electron chi connectivity index (χ0n) is 7.26. The van der Waals surface area contributed by atoms with Crippen molar-refractivity contribution in [2.45, 2.75) is 19.8 Å². The fourth-order valence-corrected chi connectivity index (χ4v) is 0.635. The van der Waals surface area contributed by atoms with E-state index in [1.165, 1.54) is 7.11 Å². The molecule has 0 radical (unpaired) electrons. The predicted molar refractivity (Wildman–Crippen MR) is 42.6 cm³/mol. The molecule has 0 aliphatic carbocycles. The SMILES string of the molecule is CCCCOCC(=O)COC. The first-order chi connectivity index (χ1) is 5.31. The molecule has 0 aromatic rings. The smallest absolute Gasteiger partial charge is 0.183 e. The summed E-state index contributed by atoms with van der Waals surface area (Å²) in [6.07, 6.45) is 2.11. The van der Waals surface area contributed by atoms with Crippen LogP contribution in [-0.4, -0.2) is 32.7 Å². The molecule has 0 aliphatic heterocycles. The van der Waals surface area contributed by atoms with Gasteiger partial charge in [0.2, 0.25) is 0 Å². The van der Waals surface area contributed by atoms with Gasteiger partial charge in [-0.1, -0.05) is 13.3 Å². The first-order valence-electron chi connectivity index (χ1n) is 3.89. The van der Waals surface area contributed by atoms with Gasteiger partial charge in [-0.3, -0.25) is 4.79 Å². The maximum absolute atomic E-state index is 10.8. The Bertz CT molecular complexity index is 102. The van der Waals surface area contributed by atoms with Crippen LogP contribution in [0.4, 0.5) is 0 Å². The molecular formula is C8H16O3. The second-order valence-corrected chi connectivity index (χ2v) is 2.38. The summed E-state index contributed by atoms with van der Waals surface area (Å²) < 4.78 is 9.69. The van der Waals surface area contributed by atoms with Crippen molar-refractivity contribution in [3.8, 4) is 0 Å². The zero-order valence-corrected chi connectivity index (χ0v) is 7.26. The third-order valence-electron chi connectivity index (χ3n) is 1.21. The lowest BCUT2D eigenvalue weighted by Gasteiger charge is -2.00. The van der Waals surface area contributed by atoms with E-state index in [9.17, 15) is 4.79 Å². The molecule has 0 saturated carbocycles. The molecule has 3 heteroatoms. The van der Waals surface area contributed by atoms with Gasteiger partial charge in [-0.05, 0) is 6.42 Å². The normalized spacial score (nSPS) is 10.0. The van der Waals surface area contributed by atoms with Crippen molar-refractivity contribution >= 4 is 5.78 Å². The number of ether oxygens (including phenoxy) is 2. The molecule has 0 amide bonds. The molecule has 0 saturated heterocycles. The second kappa shape index (κ2) is 7.69. The van der Waals surface area contributed by atoms with Gasteiger partial charge in [0.1, 0.15) is 13.2 Å². The van der Waals surface area contributed by atoms with Crippen molar-refractivity contribution < 1.29 is 14.3 Å². The van der Waals surface area contributed by atoms with E-state index in [-0.39, 0.29) is 19.0 Å². The molecule has 0 spiro atoms. The Morgan fingerprint density at radius 2 is 2.09 bits per heavy atom. The summed E-state index contributed by atoms with van der Waals surface area (Å²) in [4.78, 5) is 10.8. The van der Waals surface area contributed by atoms with Gasteiger partial charge in [0.15, 0.2) is 5.78 Å². The highest BCUT2D eigenvalue weighted by molar-refractivity contribution is 5.80. The number of carbonyl (C=O) groups is 1. The van der Waals surface area contributed by atoms with E-state index in [1.54, 1.807) is 0 Å². The molecule has 0 unspecified atom stereocenters. The topological polar surface area (TPSA) is 35.5 Å². The fourth-order valence-electron chi connectivity index (χ4n) is 0.635.